The van der Waals surface area contributed by atoms with Gasteiger partial charge >= 0.3 is 11.9 Å². The molecule has 5 aliphatic carbocycles. The van der Waals surface area contributed by atoms with E-state index in [0.29, 0.717) is 12.3 Å². The van der Waals surface area contributed by atoms with Crippen molar-refractivity contribution in [2.45, 2.75) is 119 Å². The van der Waals surface area contributed by atoms with Crippen LogP contribution in [-0.2, 0) is 23.9 Å². The van der Waals surface area contributed by atoms with Gasteiger partial charge in [0.1, 0.15) is 6.10 Å². The molecule has 0 aliphatic heterocycles. The maximum absolute atomic E-state index is 14.5. The molecule has 5 heteroatoms. The fraction of sp³-hybridized carbons (Fsp3) is 0.800. The van der Waals surface area contributed by atoms with Gasteiger partial charge in [0.2, 0.25) is 0 Å². The van der Waals surface area contributed by atoms with Crippen molar-refractivity contribution in [3.05, 3.63) is 11.6 Å². The van der Waals surface area contributed by atoms with Crippen LogP contribution in [0.5, 0.6) is 0 Å². The average molecular weight is 551 g/mol. The molecular weight excluding hydrogens is 500 g/mol. The number of allylic oxidation sites excluding steroid dienone is 2. The number of hydrogen-bond acceptors (Lipinski definition) is 5. The van der Waals surface area contributed by atoms with Crippen molar-refractivity contribution in [1.82, 2.24) is 0 Å². The second kappa shape index (κ2) is 9.20. The number of rotatable bonds is 3. The van der Waals surface area contributed by atoms with Crippen LogP contribution in [0.3, 0.4) is 0 Å². The number of fused-ring (bicyclic) bond motifs is 7. The number of hydrogen-bond donors (Lipinski definition) is 0. The Morgan fingerprint density at radius 3 is 2.30 bits per heavy atom. The molecule has 220 valence electrons. The zero-order valence-electron chi connectivity index (χ0n) is 26.1. The largest absolute Gasteiger partial charge is 0.462 e. The van der Waals surface area contributed by atoms with E-state index in [1.54, 1.807) is 0 Å². The molecule has 0 aromatic heterocycles. The van der Waals surface area contributed by atoms with E-state index in [4.69, 9.17) is 15.9 Å². The van der Waals surface area contributed by atoms with Gasteiger partial charge < -0.3 is 9.47 Å². The third-order valence-electron chi connectivity index (χ3n) is 13.6. The highest BCUT2D eigenvalue weighted by molar-refractivity contribution is 5.95. The highest BCUT2D eigenvalue weighted by Crippen LogP contribution is 2.75. The first-order valence-corrected chi connectivity index (χ1v) is 15.5. The van der Waals surface area contributed by atoms with Crippen LogP contribution < -0.4 is 0 Å². The van der Waals surface area contributed by atoms with Crippen molar-refractivity contribution in [1.29, 1.82) is 0 Å². The summed E-state index contributed by atoms with van der Waals surface area (Å²) in [5, 5.41) is 0. The van der Waals surface area contributed by atoms with Crippen molar-refractivity contribution < 1.29 is 23.9 Å². The smallest absolute Gasteiger partial charge is 0.312 e. The Hall–Kier alpha value is -2.09. The summed E-state index contributed by atoms with van der Waals surface area (Å²) in [6.07, 6.45) is 15.7. The van der Waals surface area contributed by atoms with Crippen LogP contribution in [0.4, 0.5) is 0 Å². The minimum Gasteiger partial charge on any atom is -0.462 e. The van der Waals surface area contributed by atoms with Crippen LogP contribution in [0, 0.1) is 62.6 Å². The Balaban J connectivity index is 1.54. The summed E-state index contributed by atoms with van der Waals surface area (Å²) in [4.78, 5) is 39.6. The quantitative estimate of drug-likeness (QED) is 0.278. The van der Waals surface area contributed by atoms with E-state index < -0.39 is 5.41 Å². The molecule has 5 rings (SSSR count). The SMILES string of the molecule is C#CCOC(=O)[C@]1(C)CC[C@]2(C)CC[C@]3(C)C(=CC(=O)[C@@H]4[C@]5(C)CC[C@H](OC(C)=O)C(C)(C)[C@@H]5CC[C@]43C)[C@@H]2C1. The maximum Gasteiger partial charge on any atom is 0.312 e. The molecule has 0 heterocycles. The van der Waals surface area contributed by atoms with Crippen molar-refractivity contribution in [2.75, 3.05) is 6.61 Å². The molecule has 0 amide bonds. The number of terminal acetylenes is 1. The summed E-state index contributed by atoms with van der Waals surface area (Å²) >= 11 is 0. The van der Waals surface area contributed by atoms with Crippen LogP contribution in [-0.4, -0.2) is 30.4 Å². The molecule has 0 bridgehead atoms. The van der Waals surface area contributed by atoms with Crippen LogP contribution in [0.25, 0.3) is 0 Å². The van der Waals surface area contributed by atoms with E-state index in [2.05, 4.69) is 47.5 Å². The Labute approximate surface area is 241 Å². The molecule has 0 aromatic rings. The second-order valence-corrected chi connectivity index (χ2v) is 16.0. The van der Waals surface area contributed by atoms with Gasteiger partial charge in [-0.25, -0.2) is 0 Å². The minimum absolute atomic E-state index is 0.00339. The summed E-state index contributed by atoms with van der Waals surface area (Å²) in [7, 11) is 0. The van der Waals surface area contributed by atoms with Gasteiger partial charge in [-0.1, -0.05) is 53.0 Å². The zero-order valence-corrected chi connectivity index (χ0v) is 26.1. The van der Waals surface area contributed by atoms with Gasteiger partial charge in [-0.15, -0.1) is 6.42 Å². The highest BCUT2D eigenvalue weighted by Gasteiger charge is 2.70. The van der Waals surface area contributed by atoms with E-state index in [9.17, 15) is 14.4 Å². The van der Waals surface area contributed by atoms with Crippen LogP contribution in [0.15, 0.2) is 11.6 Å². The van der Waals surface area contributed by atoms with Gasteiger partial charge in [0, 0.05) is 18.3 Å². The molecule has 0 aromatic carbocycles. The first-order valence-electron chi connectivity index (χ1n) is 15.5. The summed E-state index contributed by atoms with van der Waals surface area (Å²) in [5.74, 6) is 2.70. The van der Waals surface area contributed by atoms with Crippen LogP contribution in [0.1, 0.15) is 113 Å². The third kappa shape index (κ3) is 3.90. The van der Waals surface area contributed by atoms with Crippen LogP contribution in [0.2, 0.25) is 0 Å². The average Bonchev–Trinajstić information content (AvgIpc) is 2.86. The predicted molar refractivity (Wildman–Crippen MR) is 155 cm³/mol. The molecule has 5 nitrogen and oxygen atoms in total. The topological polar surface area (TPSA) is 69.7 Å². The standard InChI is InChI=1S/C35H50O5/c1-10-19-39-29(38)32(6)16-15-31(5)17-18-34(8)23(24(31)21-32)20-25(37)28-33(7)13-12-27(40-22(2)36)30(3,4)26(33)11-14-35(28,34)9/h1,20,24,26-28H,11-19,21H2,2-9H3/t24-,26-,27-,28+,31+,32+,33+,34+,35+/m0/s1. The molecule has 0 unspecified atom stereocenters. The summed E-state index contributed by atoms with van der Waals surface area (Å²) in [6.45, 7) is 17.6. The van der Waals surface area contributed by atoms with Crippen molar-refractivity contribution >= 4 is 17.7 Å². The lowest BCUT2D eigenvalue weighted by Crippen LogP contribution is -2.66. The first kappa shape index (κ1) is 29.4. The molecule has 0 radical (unpaired) electrons. The van der Waals surface area contributed by atoms with Crippen LogP contribution >= 0.6 is 0 Å². The van der Waals surface area contributed by atoms with Gasteiger partial charge in [-0.3, -0.25) is 14.4 Å². The minimum atomic E-state index is -0.594. The zero-order chi connectivity index (χ0) is 29.5. The van der Waals surface area contributed by atoms with E-state index in [1.807, 2.05) is 13.0 Å². The molecule has 0 N–H and O–H groups in total. The second-order valence-electron chi connectivity index (χ2n) is 16.0. The number of esters is 2. The van der Waals surface area contributed by atoms with Crippen molar-refractivity contribution in [2.24, 2.45) is 50.2 Å². The number of carbonyl (C=O) groups is 3. The van der Waals surface area contributed by atoms with Gasteiger partial charge in [0.15, 0.2) is 12.4 Å². The van der Waals surface area contributed by atoms with Crippen molar-refractivity contribution in [3.63, 3.8) is 0 Å². The molecule has 4 fully saturated rings. The lowest BCUT2D eigenvalue weighted by Gasteiger charge is -2.70. The molecule has 0 spiro atoms. The van der Waals surface area contributed by atoms with Gasteiger partial charge in [0.25, 0.3) is 0 Å². The Kier molecular flexibility index (Phi) is 6.77. The Morgan fingerprint density at radius 1 is 0.975 bits per heavy atom. The number of ether oxygens (including phenoxy) is 2. The van der Waals surface area contributed by atoms with E-state index in [-0.39, 0.29) is 69.3 Å². The molecule has 0 saturated heterocycles. The summed E-state index contributed by atoms with van der Waals surface area (Å²) in [5.41, 5.74) is 0.145. The number of ketones is 1. The van der Waals surface area contributed by atoms with E-state index >= 15 is 0 Å². The highest BCUT2D eigenvalue weighted by atomic mass is 16.5. The molecule has 5 aliphatic rings. The lowest BCUT2D eigenvalue weighted by molar-refractivity contribution is -0.210. The van der Waals surface area contributed by atoms with Gasteiger partial charge in [-0.2, -0.15) is 0 Å². The Bertz CT molecular complexity index is 1190. The monoisotopic (exact) mass is 550 g/mol. The normalized spacial score (nSPS) is 47.3. The van der Waals surface area contributed by atoms with Crippen molar-refractivity contribution in [3.8, 4) is 12.3 Å². The molecule has 4 saturated carbocycles. The molecule has 9 atom stereocenters. The molecule has 40 heavy (non-hydrogen) atoms. The first-order chi connectivity index (χ1) is 18.5. The van der Waals surface area contributed by atoms with E-state index in [1.165, 1.54) is 12.5 Å². The molecular formula is C35H50O5. The number of carbonyl (C=O) groups excluding carboxylic acids is 3. The lowest BCUT2D eigenvalue weighted by atomic mass is 9.33. The maximum atomic E-state index is 14.5. The van der Waals surface area contributed by atoms with Gasteiger partial charge in [0.05, 0.1) is 5.41 Å². The summed E-state index contributed by atoms with van der Waals surface area (Å²) in [6, 6.07) is 0. The predicted octanol–water partition coefficient (Wildman–Crippen LogP) is 7.08. The Morgan fingerprint density at radius 2 is 1.65 bits per heavy atom. The third-order valence-corrected chi connectivity index (χ3v) is 13.6. The van der Waals surface area contributed by atoms with Gasteiger partial charge in [-0.05, 0) is 104 Å². The fourth-order valence-electron chi connectivity index (χ4n) is 11.0. The summed E-state index contributed by atoms with van der Waals surface area (Å²) < 4.78 is 11.3. The van der Waals surface area contributed by atoms with E-state index in [0.717, 1.165) is 51.4 Å². The fourth-order valence-corrected chi connectivity index (χ4v) is 11.0.